The smallest absolute Gasteiger partial charge is 0.206 e. The lowest BCUT2D eigenvalue weighted by molar-refractivity contribution is -0.117. The van der Waals surface area contributed by atoms with Crippen LogP contribution in [0.15, 0.2) is 52.3 Å². The van der Waals surface area contributed by atoms with E-state index in [1.165, 1.54) is 18.2 Å². The zero-order valence-corrected chi connectivity index (χ0v) is 15.3. The summed E-state index contributed by atoms with van der Waals surface area (Å²) >= 11 is 0. The van der Waals surface area contributed by atoms with E-state index in [9.17, 15) is 17.6 Å². The van der Waals surface area contributed by atoms with Gasteiger partial charge in [0.25, 0.3) is 0 Å². The Labute approximate surface area is 153 Å². The molecule has 0 saturated carbocycles. The van der Waals surface area contributed by atoms with Crippen molar-refractivity contribution in [2.24, 2.45) is 5.73 Å². The highest BCUT2D eigenvalue weighted by Crippen LogP contribution is 2.36. The Morgan fingerprint density at radius 2 is 1.92 bits per heavy atom. The van der Waals surface area contributed by atoms with Crippen molar-refractivity contribution >= 4 is 15.6 Å². The molecule has 0 heterocycles. The van der Waals surface area contributed by atoms with Crippen LogP contribution < -0.4 is 5.73 Å². The number of benzene rings is 2. The number of Topliss-reactive ketones (excluding diaryl/α,β-unsaturated/α-hetero) is 1. The van der Waals surface area contributed by atoms with Gasteiger partial charge in [-0.3, -0.25) is 4.79 Å². The molecule has 0 unspecified atom stereocenters. The number of carbonyl (C=O) groups excluding carboxylic acids is 1. The minimum Gasteiger partial charge on any atom is -0.324 e. The molecule has 1 aliphatic rings. The zero-order valence-electron chi connectivity index (χ0n) is 14.4. The minimum atomic E-state index is -3.75. The van der Waals surface area contributed by atoms with E-state index in [0.717, 1.165) is 42.9 Å². The number of halogens is 1. The van der Waals surface area contributed by atoms with Crippen LogP contribution in [0.4, 0.5) is 4.39 Å². The van der Waals surface area contributed by atoms with E-state index >= 15 is 0 Å². The Hall–Kier alpha value is -2.05. The maximum Gasteiger partial charge on any atom is 0.206 e. The Balaban J connectivity index is 1.90. The number of rotatable bonds is 6. The average molecular weight is 375 g/mol. The fraction of sp³-hybridized carbons (Fsp3) is 0.350. The van der Waals surface area contributed by atoms with Crippen molar-refractivity contribution in [1.29, 1.82) is 0 Å². The monoisotopic (exact) mass is 375 g/mol. The fourth-order valence-electron chi connectivity index (χ4n) is 3.57. The molecule has 0 fully saturated rings. The first-order valence-electron chi connectivity index (χ1n) is 8.77. The van der Waals surface area contributed by atoms with Crippen molar-refractivity contribution < 1.29 is 17.6 Å². The summed E-state index contributed by atoms with van der Waals surface area (Å²) in [6, 6.07) is 10.2. The second-order valence-electron chi connectivity index (χ2n) is 6.69. The van der Waals surface area contributed by atoms with Gasteiger partial charge in [0.1, 0.15) is 11.6 Å². The summed E-state index contributed by atoms with van der Waals surface area (Å²) in [5, 5.41) is 0. The predicted molar refractivity (Wildman–Crippen MR) is 97.3 cm³/mol. The molecule has 0 saturated heterocycles. The number of hydrogen-bond acceptors (Lipinski definition) is 4. The van der Waals surface area contributed by atoms with Gasteiger partial charge in [-0.15, -0.1) is 0 Å². The molecule has 138 valence electrons. The predicted octanol–water partition coefficient (Wildman–Crippen LogP) is 3.39. The molecule has 0 spiro atoms. The van der Waals surface area contributed by atoms with Crippen molar-refractivity contribution in [1.82, 2.24) is 0 Å². The molecule has 2 N–H and O–H groups in total. The Morgan fingerprint density at radius 3 is 2.65 bits per heavy atom. The Bertz CT molecular complexity index is 924. The first kappa shape index (κ1) is 18.7. The lowest BCUT2D eigenvalue weighted by atomic mass is 9.80. The van der Waals surface area contributed by atoms with E-state index in [2.05, 4.69) is 0 Å². The van der Waals surface area contributed by atoms with Crippen LogP contribution in [0, 0.1) is 5.82 Å². The van der Waals surface area contributed by atoms with E-state index in [1.54, 1.807) is 12.1 Å². The number of hydrogen-bond donors (Lipinski definition) is 1. The highest BCUT2D eigenvalue weighted by Gasteiger charge is 2.24. The standard InChI is InChI=1S/C20H22FNO3S/c21-16-5-2-6-18(12-16)26(24,25)19-9-10-20-14(7-8-17(23)13-22)3-1-4-15(20)11-19/h2,5-6,9-12,14H,1,3-4,7-8,13,22H2/t14-/m0/s1. The highest BCUT2D eigenvalue weighted by atomic mass is 32.2. The SMILES string of the molecule is NCC(=O)CC[C@@H]1CCCc2cc(S(=O)(=O)c3cccc(F)c3)ccc21. The third kappa shape index (κ3) is 3.86. The van der Waals surface area contributed by atoms with Crippen molar-refractivity contribution in [3.05, 3.63) is 59.4 Å². The van der Waals surface area contributed by atoms with Crippen LogP contribution in [0.5, 0.6) is 0 Å². The molecule has 2 aromatic carbocycles. The molecule has 0 aliphatic heterocycles. The van der Waals surface area contributed by atoms with Gasteiger partial charge >= 0.3 is 0 Å². The van der Waals surface area contributed by atoms with Gasteiger partial charge < -0.3 is 5.73 Å². The van der Waals surface area contributed by atoms with Gasteiger partial charge in [-0.25, -0.2) is 12.8 Å². The topological polar surface area (TPSA) is 77.2 Å². The quantitative estimate of drug-likeness (QED) is 0.840. The second kappa shape index (κ2) is 7.68. The zero-order chi connectivity index (χ0) is 18.7. The van der Waals surface area contributed by atoms with Gasteiger partial charge in [-0.05, 0) is 73.1 Å². The fourth-order valence-corrected chi connectivity index (χ4v) is 4.91. The van der Waals surface area contributed by atoms with E-state index < -0.39 is 15.7 Å². The molecule has 0 amide bonds. The van der Waals surface area contributed by atoms with E-state index in [4.69, 9.17) is 5.73 Å². The summed E-state index contributed by atoms with van der Waals surface area (Å²) in [5.41, 5.74) is 7.48. The van der Waals surface area contributed by atoms with Crippen LogP contribution in [-0.2, 0) is 21.1 Å². The number of fused-ring (bicyclic) bond motifs is 1. The number of nitrogens with two attached hydrogens (primary N) is 1. The molecule has 1 atom stereocenters. The number of ketones is 1. The van der Waals surface area contributed by atoms with Gasteiger partial charge in [0.15, 0.2) is 0 Å². The van der Waals surface area contributed by atoms with Crippen LogP contribution in [0.3, 0.4) is 0 Å². The Morgan fingerprint density at radius 1 is 1.15 bits per heavy atom. The molecule has 3 rings (SSSR count). The van der Waals surface area contributed by atoms with Crippen molar-refractivity contribution in [3.8, 4) is 0 Å². The molecule has 2 aromatic rings. The van der Waals surface area contributed by atoms with Crippen molar-refractivity contribution in [3.63, 3.8) is 0 Å². The average Bonchev–Trinajstić information content (AvgIpc) is 2.65. The first-order chi connectivity index (χ1) is 12.4. The summed E-state index contributed by atoms with van der Waals surface area (Å²) in [6.45, 7) is 0.0599. The summed E-state index contributed by atoms with van der Waals surface area (Å²) < 4.78 is 39.0. The number of aryl methyl sites for hydroxylation is 1. The van der Waals surface area contributed by atoms with Crippen molar-refractivity contribution in [2.75, 3.05) is 6.54 Å². The summed E-state index contributed by atoms with van der Waals surface area (Å²) in [6.07, 6.45) is 3.94. The largest absolute Gasteiger partial charge is 0.324 e. The van der Waals surface area contributed by atoms with E-state index in [0.29, 0.717) is 6.42 Å². The van der Waals surface area contributed by atoms with Crippen LogP contribution in [0.2, 0.25) is 0 Å². The molecular weight excluding hydrogens is 353 g/mol. The third-order valence-corrected chi connectivity index (χ3v) is 6.72. The molecule has 6 heteroatoms. The number of carbonyl (C=O) groups is 1. The van der Waals surface area contributed by atoms with E-state index in [1.807, 2.05) is 6.07 Å². The maximum absolute atomic E-state index is 13.4. The van der Waals surface area contributed by atoms with Crippen LogP contribution in [-0.4, -0.2) is 20.7 Å². The van der Waals surface area contributed by atoms with Gasteiger partial charge in [-0.1, -0.05) is 12.1 Å². The van der Waals surface area contributed by atoms with Crippen LogP contribution in [0.25, 0.3) is 0 Å². The van der Waals surface area contributed by atoms with E-state index in [-0.39, 0.29) is 28.0 Å². The van der Waals surface area contributed by atoms with Gasteiger partial charge in [0, 0.05) is 6.42 Å². The lowest BCUT2D eigenvalue weighted by Crippen LogP contribution is -2.16. The molecule has 0 aromatic heterocycles. The number of sulfone groups is 1. The summed E-state index contributed by atoms with van der Waals surface area (Å²) in [5.74, 6) is -0.281. The highest BCUT2D eigenvalue weighted by molar-refractivity contribution is 7.91. The lowest BCUT2D eigenvalue weighted by Gasteiger charge is -2.26. The normalized spacial score (nSPS) is 16.9. The summed E-state index contributed by atoms with van der Waals surface area (Å²) in [4.78, 5) is 11.6. The van der Waals surface area contributed by atoms with Gasteiger partial charge in [0.05, 0.1) is 16.3 Å². The van der Waals surface area contributed by atoms with Gasteiger partial charge in [-0.2, -0.15) is 0 Å². The molecule has 4 nitrogen and oxygen atoms in total. The molecule has 26 heavy (non-hydrogen) atoms. The minimum absolute atomic E-state index is 0.0432. The molecular formula is C20H22FNO3S. The van der Waals surface area contributed by atoms with Crippen LogP contribution >= 0.6 is 0 Å². The second-order valence-corrected chi connectivity index (χ2v) is 8.64. The van der Waals surface area contributed by atoms with Gasteiger partial charge in [0.2, 0.25) is 9.84 Å². The third-order valence-electron chi connectivity index (χ3n) is 4.97. The molecule has 0 radical (unpaired) electrons. The van der Waals surface area contributed by atoms with Crippen LogP contribution in [0.1, 0.15) is 42.7 Å². The molecule has 1 aliphatic carbocycles. The summed E-state index contributed by atoms with van der Waals surface area (Å²) in [7, 11) is -3.75. The molecule has 0 bridgehead atoms. The Kier molecular flexibility index (Phi) is 5.53. The van der Waals surface area contributed by atoms with Crippen molar-refractivity contribution in [2.45, 2.75) is 47.8 Å². The maximum atomic E-state index is 13.4. The first-order valence-corrected chi connectivity index (χ1v) is 10.3.